The van der Waals surface area contributed by atoms with Crippen LogP contribution in [0.4, 0.5) is 5.69 Å². The lowest BCUT2D eigenvalue weighted by molar-refractivity contribution is -0.117. The van der Waals surface area contributed by atoms with Gasteiger partial charge in [0.2, 0.25) is 5.91 Å². The lowest BCUT2D eigenvalue weighted by Gasteiger charge is -2.17. The molecule has 0 saturated heterocycles. The summed E-state index contributed by atoms with van der Waals surface area (Å²) in [7, 11) is 0. The summed E-state index contributed by atoms with van der Waals surface area (Å²) in [5.41, 5.74) is 3.43. The van der Waals surface area contributed by atoms with Crippen molar-refractivity contribution in [2.75, 3.05) is 11.4 Å². The van der Waals surface area contributed by atoms with Gasteiger partial charge in [0.15, 0.2) is 0 Å². The molecule has 1 aliphatic rings. The van der Waals surface area contributed by atoms with Crippen molar-refractivity contribution in [3.63, 3.8) is 0 Å². The third kappa shape index (κ3) is 2.27. The summed E-state index contributed by atoms with van der Waals surface area (Å²) >= 11 is 0. The summed E-state index contributed by atoms with van der Waals surface area (Å²) in [4.78, 5) is 14.6. The Kier molecular flexibility index (Phi) is 3.15. The number of nitrogens with zero attached hydrogens (tertiary/aromatic N) is 1. The van der Waals surface area contributed by atoms with Crippen LogP contribution in [-0.4, -0.2) is 12.5 Å². The van der Waals surface area contributed by atoms with E-state index < -0.39 is 0 Å². The van der Waals surface area contributed by atoms with Crippen molar-refractivity contribution < 1.29 is 4.79 Å². The summed E-state index contributed by atoms with van der Waals surface area (Å²) in [6.45, 7) is 0.797. The van der Waals surface area contributed by atoms with Gasteiger partial charge in [-0.05, 0) is 34.4 Å². The van der Waals surface area contributed by atoms with Crippen LogP contribution in [-0.2, 0) is 17.6 Å². The maximum Gasteiger partial charge on any atom is 0.231 e. The highest BCUT2D eigenvalue weighted by Crippen LogP contribution is 2.28. The number of carbonyl (C=O) groups excluding carboxylic acids is 1. The van der Waals surface area contributed by atoms with Crippen molar-refractivity contribution in [3.8, 4) is 0 Å². The van der Waals surface area contributed by atoms with E-state index in [9.17, 15) is 4.79 Å². The number of carbonyl (C=O) groups is 1. The minimum Gasteiger partial charge on any atom is -0.312 e. The van der Waals surface area contributed by atoms with Gasteiger partial charge >= 0.3 is 0 Å². The first-order chi connectivity index (χ1) is 10.8. The summed E-state index contributed by atoms with van der Waals surface area (Å²) in [6.07, 6.45) is 1.42. The molecule has 0 radical (unpaired) electrons. The zero-order valence-electron chi connectivity index (χ0n) is 12.3. The van der Waals surface area contributed by atoms with Crippen LogP contribution in [0.2, 0.25) is 0 Å². The fourth-order valence-corrected chi connectivity index (χ4v) is 3.22. The number of hydrogen-bond donors (Lipinski definition) is 0. The summed E-state index contributed by atoms with van der Waals surface area (Å²) in [5.74, 6) is 0.181. The van der Waals surface area contributed by atoms with Crippen molar-refractivity contribution in [1.82, 2.24) is 0 Å². The SMILES string of the molecule is O=C(Cc1ccc2ccccc2c1)N1CCc2ccccc21. The van der Waals surface area contributed by atoms with E-state index in [1.165, 1.54) is 16.3 Å². The fourth-order valence-electron chi connectivity index (χ4n) is 3.22. The molecule has 1 heterocycles. The normalized spacial score (nSPS) is 13.4. The molecule has 1 aliphatic heterocycles. The molecule has 0 unspecified atom stereocenters. The van der Waals surface area contributed by atoms with Crippen LogP contribution in [0.1, 0.15) is 11.1 Å². The molecule has 0 spiro atoms. The van der Waals surface area contributed by atoms with Crippen molar-refractivity contribution >= 4 is 22.4 Å². The lowest BCUT2D eigenvalue weighted by atomic mass is 10.0. The highest BCUT2D eigenvalue weighted by Gasteiger charge is 2.23. The van der Waals surface area contributed by atoms with Gasteiger partial charge in [-0.1, -0.05) is 60.7 Å². The Bertz CT molecular complexity index is 853. The average molecular weight is 287 g/mol. The molecule has 0 aliphatic carbocycles. The van der Waals surface area contributed by atoms with Gasteiger partial charge in [-0.25, -0.2) is 0 Å². The van der Waals surface area contributed by atoms with E-state index >= 15 is 0 Å². The van der Waals surface area contributed by atoms with E-state index in [4.69, 9.17) is 0 Å². The topological polar surface area (TPSA) is 20.3 Å². The first kappa shape index (κ1) is 13.1. The third-order valence-corrected chi connectivity index (χ3v) is 4.36. The number of benzene rings is 3. The van der Waals surface area contributed by atoms with Gasteiger partial charge in [-0.15, -0.1) is 0 Å². The molecule has 2 nitrogen and oxygen atoms in total. The van der Waals surface area contributed by atoms with E-state index in [2.05, 4.69) is 36.4 Å². The summed E-state index contributed by atoms with van der Waals surface area (Å²) in [6, 6.07) is 22.7. The number of anilines is 1. The molecule has 0 fully saturated rings. The number of fused-ring (bicyclic) bond motifs is 2. The monoisotopic (exact) mass is 287 g/mol. The van der Waals surface area contributed by atoms with Crippen LogP contribution in [0.25, 0.3) is 10.8 Å². The zero-order chi connectivity index (χ0) is 14.9. The quantitative estimate of drug-likeness (QED) is 0.698. The Morgan fingerprint density at radius 3 is 2.59 bits per heavy atom. The molecule has 3 aromatic carbocycles. The minimum absolute atomic E-state index is 0.181. The smallest absolute Gasteiger partial charge is 0.231 e. The molecule has 0 N–H and O–H groups in total. The molecule has 0 saturated carbocycles. The first-order valence-corrected chi connectivity index (χ1v) is 7.67. The molecule has 4 rings (SSSR count). The Balaban J connectivity index is 1.59. The molecular formula is C20H17NO. The molecule has 22 heavy (non-hydrogen) atoms. The van der Waals surface area contributed by atoms with Crippen LogP contribution in [0, 0.1) is 0 Å². The second-order valence-electron chi connectivity index (χ2n) is 5.78. The van der Waals surface area contributed by atoms with Gasteiger partial charge in [-0.3, -0.25) is 4.79 Å². The molecule has 0 aromatic heterocycles. The largest absolute Gasteiger partial charge is 0.312 e. The van der Waals surface area contributed by atoms with Gasteiger partial charge in [0.05, 0.1) is 6.42 Å². The average Bonchev–Trinajstić information content (AvgIpc) is 2.99. The van der Waals surface area contributed by atoms with Crippen molar-refractivity contribution in [3.05, 3.63) is 77.9 Å². The molecule has 0 bridgehead atoms. The van der Waals surface area contributed by atoms with Crippen molar-refractivity contribution in [2.45, 2.75) is 12.8 Å². The van der Waals surface area contributed by atoms with E-state index in [0.29, 0.717) is 6.42 Å². The minimum atomic E-state index is 0.181. The van der Waals surface area contributed by atoms with E-state index in [1.807, 2.05) is 35.2 Å². The predicted octanol–water partition coefficient (Wildman–Crippen LogP) is 3.97. The van der Waals surface area contributed by atoms with Gasteiger partial charge in [0, 0.05) is 12.2 Å². The van der Waals surface area contributed by atoms with Gasteiger partial charge in [0.25, 0.3) is 0 Å². The van der Waals surface area contributed by atoms with Crippen LogP contribution in [0.3, 0.4) is 0 Å². The van der Waals surface area contributed by atoms with Crippen molar-refractivity contribution in [2.24, 2.45) is 0 Å². The predicted molar refractivity (Wildman–Crippen MR) is 90.2 cm³/mol. The molecule has 1 amide bonds. The third-order valence-electron chi connectivity index (χ3n) is 4.36. The van der Waals surface area contributed by atoms with E-state index in [1.54, 1.807) is 0 Å². The summed E-state index contributed by atoms with van der Waals surface area (Å²) in [5, 5.41) is 2.40. The molecular weight excluding hydrogens is 270 g/mol. The van der Waals surface area contributed by atoms with Gasteiger partial charge in [0.1, 0.15) is 0 Å². The van der Waals surface area contributed by atoms with Crippen LogP contribution in [0.5, 0.6) is 0 Å². The highest BCUT2D eigenvalue weighted by atomic mass is 16.2. The molecule has 3 aromatic rings. The van der Waals surface area contributed by atoms with Gasteiger partial charge in [-0.2, -0.15) is 0 Å². The highest BCUT2D eigenvalue weighted by molar-refractivity contribution is 5.97. The fraction of sp³-hybridized carbons (Fsp3) is 0.150. The van der Waals surface area contributed by atoms with Crippen LogP contribution < -0.4 is 4.90 Å². The Morgan fingerprint density at radius 1 is 0.909 bits per heavy atom. The van der Waals surface area contributed by atoms with E-state index in [-0.39, 0.29) is 5.91 Å². The first-order valence-electron chi connectivity index (χ1n) is 7.67. The number of para-hydroxylation sites is 1. The van der Waals surface area contributed by atoms with E-state index in [0.717, 1.165) is 24.2 Å². The number of amides is 1. The lowest BCUT2D eigenvalue weighted by Crippen LogP contribution is -2.30. The van der Waals surface area contributed by atoms with Crippen LogP contribution in [0.15, 0.2) is 66.7 Å². The van der Waals surface area contributed by atoms with Crippen molar-refractivity contribution in [1.29, 1.82) is 0 Å². The molecule has 108 valence electrons. The van der Waals surface area contributed by atoms with Gasteiger partial charge < -0.3 is 4.90 Å². The molecule has 0 atom stereocenters. The molecule has 2 heteroatoms. The maximum absolute atomic E-state index is 12.6. The van der Waals surface area contributed by atoms with Crippen LogP contribution >= 0.6 is 0 Å². The Hall–Kier alpha value is -2.61. The Labute approximate surface area is 130 Å². The number of rotatable bonds is 2. The Morgan fingerprint density at radius 2 is 1.68 bits per heavy atom. The zero-order valence-corrected chi connectivity index (χ0v) is 12.3. The summed E-state index contributed by atoms with van der Waals surface area (Å²) < 4.78 is 0. The second-order valence-corrected chi connectivity index (χ2v) is 5.78. The second kappa shape index (κ2) is 5.30. The maximum atomic E-state index is 12.6. The number of hydrogen-bond acceptors (Lipinski definition) is 1. The standard InChI is InChI=1S/C20H17NO/c22-20(21-12-11-17-6-3-4-8-19(17)21)14-15-9-10-16-5-1-2-7-18(16)13-15/h1-10,13H,11-12,14H2.